The largest absolute Gasteiger partial charge is 0.459 e. The van der Waals surface area contributed by atoms with Crippen LogP contribution in [0.2, 0.25) is 0 Å². The van der Waals surface area contributed by atoms with Crippen molar-refractivity contribution < 1.29 is 23.0 Å². The molecule has 1 fully saturated rings. The number of halogens is 2. The molecular formula is C30H32F2O3. The van der Waals surface area contributed by atoms with Crippen LogP contribution >= 0.6 is 0 Å². The zero-order valence-corrected chi connectivity index (χ0v) is 20.3. The maximum Gasteiger partial charge on any atom is 0.338 e. The van der Waals surface area contributed by atoms with Crippen molar-refractivity contribution in [1.29, 1.82) is 0 Å². The number of carbonyl (C=O) groups is 1. The fourth-order valence-electron chi connectivity index (χ4n) is 4.74. The Labute approximate surface area is 206 Å². The molecule has 0 amide bonds. The van der Waals surface area contributed by atoms with Crippen LogP contribution in [-0.4, -0.2) is 24.8 Å². The summed E-state index contributed by atoms with van der Waals surface area (Å²) in [5.41, 5.74) is 2.63. The molecule has 0 aromatic heterocycles. The second-order valence-corrected chi connectivity index (χ2v) is 9.27. The van der Waals surface area contributed by atoms with Gasteiger partial charge in [0, 0.05) is 12.2 Å². The molecule has 184 valence electrons. The summed E-state index contributed by atoms with van der Waals surface area (Å²) in [4.78, 5) is 12.6. The molecule has 0 spiro atoms. The second kappa shape index (κ2) is 11.6. The number of esters is 1. The standard InChI is InChI=1S/C30H32F2O3/c1-3-34-25-13-15-26(16-14-25)35-30(33)23-11-9-22(10-12-23)24-18-28(31)27(29(32)19-24)17-20(2)21-7-5-4-6-8-21/h4-12,18-20,25-26H,3,13-17H2,1-2H3/t20-,25?,26?/m1/s1. The molecule has 5 heteroatoms. The van der Waals surface area contributed by atoms with Crippen LogP contribution < -0.4 is 0 Å². The number of hydrogen-bond donors (Lipinski definition) is 0. The Morgan fingerprint density at radius 1 is 0.886 bits per heavy atom. The van der Waals surface area contributed by atoms with Gasteiger partial charge in [0.25, 0.3) is 0 Å². The van der Waals surface area contributed by atoms with Crippen LogP contribution in [0, 0.1) is 11.6 Å². The molecule has 3 aromatic carbocycles. The first-order valence-corrected chi connectivity index (χ1v) is 12.4. The van der Waals surface area contributed by atoms with Crippen LogP contribution in [0.5, 0.6) is 0 Å². The Balaban J connectivity index is 1.40. The van der Waals surface area contributed by atoms with Crippen molar-refractivity contribution in [1.82, 2.24) is 0 Å². The van der Waals surface area contributed by atoms with E-state index in [1.807, 2.05) is 44.2 Å². The number of hydrogen-bond acceptors (Lipinski definition) is 3. The zero-order valence-electron chi connectivity index (χ0n) is 20.3. The van der Waals surface area contributed by atoms with Gasteiger partial charge in [-0.2, -0.15) is 0 Å². The summed E-state index contributed by atoms with van der Waals surface area (Å²) in [6.07, 6.45) is 3.80. The molecule has 0 bridgehead atoms. The van der Waals surface area contributed by atoms with E-state index in [0.717, 1.165) is 31.2 Å². The number of benzene rings is 3. The minimum absolute atomic E-state index is 0.00873. The van der Waals surface area contributed by atoms with E-state index in [0.29, 0.717) is 23.3 Å². The molecular weight excluding hydrogens is 446 g/mol. The van der Waals surface area contributed by atoms with Gasteiger partial charge in [-0.1, -0.05) is 49.4 Å². The summed E-state index contributed by atoms with van der Waals surface area (Å²) in [5.74, 6) is -1.51. The van der Waals surface area contributed by atoms with Crippen LogP contribution in [0.15, 0.2) is 66.7 Å². The molecule has 0 radical (unpaired) electrons. The molecule has 1 aliphatic rings. The Morgan fingerprint density at radius 3 is 2.09 bits per heavy atom. The number of ether oxygens (including phenoxy) is 2. The summed E-state index contributed by atoms with van der Waals surface area (Å²) in [6.45, 7) is 4.65. The van der Waals surface area contributed by atoms with Gasteiger partial charge in [-0.15, -0.1) is 0 Å². The van der Waals surface area contributed by atoms with E-state index < -0.39 is 11.6 Å². The van der Waals surface area contributed by atoms with Crippen molar-refractivity contribution in [2.45, 2.75) is 64.1 Å². The van der Waals surface area contributed by atoms with Crippen LogP contribution in [0.25, 0.3) is 11.1 Å². The highest BCUT2D eigenvalue weighted by molar-refractivity contribution is 5.90. The first kappa shape index (κ1) is 25.1. The van der Waals surface area contributed by atoms with E-state index in [2.05, 4.69) is 0 Å². The lowest BCUT2D eigenvalue weighted by Crippen LogP contribution is -2.28. The Morgan fingerprint density at radius 2 is 1.49 bits per heavy atom. The zero-order chi connectivity index (χ0) is 24.8. The fraction of sp³-hybridized carbons (Fsp3) is 0.367. The van der Waals surface area contributed by atoms with Gasteiger partial charge in [-0.25, -0.2) is 13.6 Å². The minimum Gasteiger partial charge on any atom is -0.459 e. The van der Waals surface area contributed by atoms with Gasteiger partial charge < -0.3 is 9.47 Å². The van der Waals surface area contributed by atoms with Crippen molar-refractivity contribution in [2.24, 2.45) is 0 Å². The van der Waals surface area contributed by atoms with Gasteiger partial charge in [-0.3, -0.25) is 0 Å². The molecule has 1 aliphatic carbocycles. The molecule has 1 saturated carbocycles. The van der Waals surface area contributed by atoms with Gasteiger partial charge in [0.05, 0.1) is 11.7 Å². The maximum atomic E-state index is 14.9. The molecule has 4 rings (SSSR count). The second-order valence-electron chi connectivity index (χ2n) is 9.27. The van der Waals surface area contributed by atoms with Crippen molar-refractivity contribution in [2.75, 3.05) is 6.61 Å². The Hall–Kier alpha value is -3.05. The summed E-state index contributed by atoms with van der Waals surface area (Å²) in [5, 5.41) is 0. The third kappa shape index (κ3) is 6.34. The van der Waals surface area contributed by atoms with Crippen LogP contribution in [-0.2, 0) is 15.9 Å². The number of carbonyl (C=O) groups excluding carboxylic acids is 1. The Bertz CT molecular complexity index is 1100. The molecule has 3 nitrogen and oxygen atoms in total. The van der Waals surface area contributed by atoms with Crippen molar-refractivity contribution in [3.05, 3.63) is 95.1 Å². The van der Waals surface area contributed by atoms with E-state index in [1.165, 1.54) is 12.1 Å². The van der Waals surface area contributed by atoms with Gasteiger partial charge in [0.15, 0.2) is 0 Å². The Kier molecular flexibility index (Phi) is 8.29. The molecule has 0 heterocycles. The quantitative estimate of drug-likeness (QED) is 0.315. The lowest BCUT2D eigenvalue weighted by Gasteiger charge is -2.28. The van der Waals surface area contributed by atoms with Crippen molar-refractivity contribution >= 4 is 5.97 Å². The van der Waals surface area contributed by atoms with E-state index in [9.17, 15) is 13.6 Å². The van der Waals surface area contributed by atoms with Crippen molar-refractivity contribution in [3.63, 3.8) is 0 Å². The molecule has 35 heavy (non-hydrogen) atoms. The van der Waals surface area contributed by atoms with Crippen LogP contribution in [0.3, 0.4) is 0 Å². The highest BCUT2D eigenvalue weighted by Crippen LogP contribution is 2.29. The molecule has 0 N–H and O–H groups in total. The van der Waals surface area contributed by atoms with Crippen LogP contribution in [0.4, 0.5) is 8.78 Å². The topological polar surface area (TPSA) is 35.5 Å². The summed E-state index contributed by atoms with van der Waals surface area (Å²) < 4.78 is 41.1. The molecule has 0 saturated heterocycles. The molecule has 0 aliphatic heterocycles. The van der Waals surface area contributed by atoms with Gasteiger partial charge in [0.2, 0.25) is 0 Å². The number of rotatable bonds is 8. The van der Waals surface area contributed by atoms with Crippen LogP contribution in [0.1, 0.15) is 66.9 Å². The van der Waals surface area contributed by atoms with E-state index >= 15 is 0 Å². The fourth-order valence-corrected chi connectivity index (χ4v) is 4.74. The monoisotopic (exact) mass is 478 g/mol. The first-order chi connectivity index (χ1) is 16.9. The SMILES string of the molecule is CCOC1CCC(OC(=O)c2ccc(-c3cc(F)c(C[C@@H](C)c4ccccc4)c(F)c3)cc2)CC1. The smallest absolute Gasteiger partial charge is 0.338 e. The first-order valence-electron chi connectivity index (χ1n) is 12.4. The highest BCUT2D eigenvalue weighted by Gasteiger charge is 2.24. The van der Waals surface area contributed by atoms with Gasteiger partial charge in [0.1, 0.15) is 17.7 Å². The minimum atomic E-state index is -0.561. The van der Waals surface area contributed by atoms with E-state index in [4.69, 9.17) is 9.47 Å². The summed E-state index contributed by atoms with van der Waals surface area (Å²) >= 11 is 0. The molecule has 1 atom stereocenters. The molecule has 0 unspecified atom stereocenters. The van der Waals surface area contributed by atoms with Gasteiger partial charge in [-0.05, 0) is 85.9 Å². The third-order valence-corrected chi connectivity index (χ3v) is 6.77. The predicted octanol–water partition coefficient (Wildman–Crippen LogP) is 7.48. The lowest BCUT2D eigenvalue weighted by atomic mass is 9.92. The average Bonchev–Trinajstić information content (AvgIpc) is 2.88. The third-order valence-electron chi connectivity index (χ3n) is 6.77. The van der Waals surface area contributed by atoms with E-state index in [-0.39, 0.29) is 36.1 Å². The predicted molar refractivity (Wildman–Crippen MR) is 133 cm³/mol. The summed E-state index contributed by atoms with van der Waals surface area (Å²) in [7, 11) is 0. The van der Waals surface area contributed by atoms with Crippen molar-refractivity contribution in [3.8, 4) is 11.1 Å². The average molecular weight is 479 g/mol. The normalized spacial score (nSPS) is 18.7. The highest BCUT2D eigenvalue weighted by atomic mass is 19.1. The van der Waals surface area contributed by atoms with Gasteiger partial charge >= 0.3 is 5.97 Å². The summed E-state index contributed by atoms with van der Waals surface area (Å²) in [6, 6.07) is 19.1. The maximum absolute atomic E-state index is 14.9. The molecule has 3 aromatic rings. The lowest BCUT2D eigenvalue weighted by molar-refractivity contribution is -0.0163. The van der Waals surface area contributed by atoms with E-state index in [1.54, 1.807) is 24.3 Å².